The molecule has 1 amide bonds. The quantitative estimate of drug-likeness (QED) is 0.338. The summed E-state index contributed by atoms with van der Waals surface area (Å²) in [6.07, 6.45) is -9.87. The molecule has 0 aliphatic carbocycles. The van der Waals surface area contributed by atoms with Gasteiger partial charge in [0.2, 0.25) is 15.9 Å². The number of hydrogen-bond acceptors (Lipinski definition) is 5. The fraction of sp³-hybridized carbons (Fsp3) is 0.348. The van der Waals surface area contributed by atoms with Crippen LogP contribution in [0.5, 0.6) is 0 Å². The molecule has 0 bridgehead atoms. The van der Waals surface area contributed by atoms with Gasteiger partial charge in [0.1, 0.15) is 6.54 Å². The summed E-state index contributed by atoms with van der Waals surface area (Å²) in [5.41, 5.74) is -1.95. The number of carbonyl (C=O) groups is 1. The van der Waals surface area contributed by atoms with Crippen LogP contribution in [0.1, 0.15) is 23.6 Å². The molecule has 2 N–H and O–H groups in total. The average molecular weight is 614 g/mol. The molecule has 0 saturated carbocycles. The van der Waals surface area contributed by atoms with Crippen LogP contribution in [0.4, 0.5) is 26.3 Å². The topological polar surface area (TPSA) is 115 Å². The smallest absolute Gasteiger partial charge is 0.346 e. The van der Waals surface area contributed by atoms with Crippen molar-refractivity contribution in [2.45, 2.75) is 37.9 Å². The fourth-order valence-corrected chi connectivity index (χ4v) is 4.19. The molecule has 0 radical (unpaired) electrons. The van der Waals surface area contributed by atoms with Crippen LogP contribution in [0.25, 0.3) is 11.4 Å². The number of nitrogens with zero attached hydrogens (tertiary/aromatic N) is 3. The van der Waals surface area contributed by atoms with Gasteiger partial charge in [0, 0.05) is 23.7 Å². The maximum absolute atomic E-state index is 13.2. The lowest BCUT2D eigenvalue weighted by molar-refractivity contribution is -0.138. The van der Waals surface area contributed by atoms with Crippen molar-refractivity contribution in [2.24, 2.45) is 0 Å². The van der Waals surface area contributed by atoms with Crippen molar-refractivity contribution < 1.29 is 39.6 Å². The summed E-state index contributed by atoms with van der Waals surface area (Å²) in [7, 11) is -3.82. The number of alkyl halides is 6. The molecule has 1 unspecified atom stereocenters. The highest BCUT2D eigenvalue weighted by molar-refractivity contribution is 7.88. The molecular formula is C23H22ClF6N5O4S. The van der Waals surface area contributed by atoms with E-state index in [9.17, 15) is 44.3 Å². The fourth-order valence-electron chi connectivity index (χ4n) is 3.59. The zero-order valence-corrected chi connectivity index (χ0v) is 22.1. The SMILES string of the molecule is CS(=O)(=O)NCC(NC(=O)Cn1nc(-c2ccc(Cl)cc2)n(CCC(F)(F)F)c1=O)c1cccc(C(F)(F)F)c1. The summed E-state index contributed by atoms with van der Waals surface area (Å²) in [5.74, 6) is -1.14. The van der Waals surface area contributed by atoms with Crippen LogP contribution in [0, 0.1) is 0 Å². The molecule has 218 valence electrons. The van der Waals surface area contributed by atoms with Gasteiger partial charge in [0.15, 0.2) is 5.82 Å². The predicted octanol–water partition coefficient (Wildman–Crippen LogP) is 3.74. The summed E-state index contributed by atoms with van der Waals surface area (Å²) in [4.78, 5) is 25.8. The van der Waals surface area contributed by atoms with E-state index in [2.05, 4.69) is 15.1 Å². The maximum atomic E-state index is 13.2. The van der Waals surface area contributed by atoms with E-state index in [1.54, 1.807) is 0 Å². The molecule has 0 saturated heterocycles. The summed E-state index contributed by atoms with van der Waals surface area (Å²) >= 11 is 5.85. The Morgan fingerprint density at radius 3 is 2.30 bits per heavy atom. The van der Waals surface area contributed by atoms with E-state index in [4.69, 9.17) is 11.6 Å². The number of nitrogens with one attached hydrogen (secondary N) is 2. The first-order chi connectivity index (χ1) is 18.4. The number of rotatable bonds is 10. The third-order valence-corrected chi connectivity index (χ3v) is 6.38. The lowest BCUT2D eigenvalue weighted by Gasteiger charge is -2.20. The third-order valence-electron chi connectivity index (χ3n) is 5.44. The van der Waals surface area contributed by atoms with Crippen molar-refractivity contribution in [1.82, 2.24) is 24.4 Å². The summed E-state index contributed by atoms with van der Waals surface area (Å²) < 4.78 is 105. The van der Waals surface area contributed by atoms with Crippen LogP contribution in [0.15, 0.2) is 53.3 Å². The minimum absolute atomic E-state index is 0.0933. The first kappa shape index (κ1) is 31.2. The van der Waals surface area contributed by atoms with Gasteiger partial charge in [0.25, 0.3) is 0 Å². The van der Waals surface area contributed by atoms with Crippen molar-refractivity contribution in [3.05, 3.63) is 75.2 Å². The van der Waals surface area contributed by atoms with Crippen molar-refractivity contribution in [3.63, 3.8) is 0 Å². The van der Waals surface area contributed by atoms with E-state index >= 15 is 0 Å². The monoisotopic (exact) mass is 613 g/mol. The highest BCUT2D eigenvalue weighted by Gasteiger charge is 2.32. The average Bonchev–Trinajstić information content (AvgIpc) is 3.14. The molecular weight excluding hydrogens is 592 g/mol. The first-order valence-electron chi connectivity index (χ1n) is 11.3. The zero-order valence-electron chi connectivity index (χ0n) is 20.6. The first-order valence-corrected chi connectivity index (χ1v) is 13.6. The zero-order chi connectivity index (χ0) is 29.9. The third kappa shape index (κ3) is 8.82. The molecule has 0 fully saturated rings. The molecule has 1 aromatic heterocycles. The lowest BCUT2D eigenvalue weighted by Crippen LogP contribution is -2.40. The van der Waals surface area contributed by atoms with Crippen molar-refractivity contribution in [3.8, 4) is 11.4 Å². The van der Waals surface area contributed by atoms with Gasteiger partial charge >= 0.3 is 18.0 Å². The molecule has 17 heteroatoms. The number of hydrogen-bond donors (Lipinski definition) is 2. The highest BCUT2D eigenvalue weighted by Crippen LogP contribution is 2.31. The van der Waals surface area contributed by atoms with Crippen LogP contribution >= 0.6 is 11.6 Å². The molecule has 3 aromatic rings. The Hall–Kier alpha value is -3.37. The Bertz CT molecular complexity index is 1520. The Labute approximate surface area is 228 Å². The number of aromatic nitrogens is 3. The Morgan fingerprint density at radius 1 is 1.07 bits per heavy atom. The van der Waals surface area contributed by atoms with Crippen LogP contribution in [-0.4, -0.2) is 47.6 Å². The Morgan fingerprint density at radius 2 is 1.73 bits per heavy atom. The summed E-state index contributed by atoms with van der Waals surface area (Å²) in [5, 5.41) is 6.67. The van der Waals surface area contributed by atoms with Crippen LogP contribution < -0.4 is 15.7 Å². The lowest BCUT2D eigenvalue weighted by atomic mass is 10.0. The molecule has 0 spiro atoms. The molecule has 40 heavy (non-hydrogen) atoms. The van der Waals surface area contributed by atoms with Gasteiger partial charge in [-0.3, -0.25) is 9.36 Å². The number of halogens is 7. The van der Waals surface area contributed by atoms with Crippen LogP contribution in [0.2, 0.25) is 5.02 Å². The highest BCUT2D eigenvalue weighted by atomic mass is 35.5. The van der Waals surface area contributed by atoms with E-state index in [0.717, 1.165) is 29.0 Å². The number of carbonyl (C=O) groups excluding carboxylic acids is 1. The van der Waals surface area contributed by atoms with Gasteiger partial charge in [0.05, 0.1) is 24.3 Å². The van der Waals surface area contributed by atoms with E-state index in [1.165, 1.54) is 30.3 Å². The Balaban J connectivity index is 1.92. The second kappa shape index (κ2) is 12.0. The minimum Gasteiger partial charge on any atom is -0.346 e. The van der Waals surface area contributed by atoms with E-state index < -0.39 is 71.6 Å². The number of amides is 1. The second-order valence-corrected chi connectivity index (χ2v) is 10.9. The number of sulfonamides is 1. The largest absolute Gasteiger partial charge is 0.416 e. The molecule has 0 aliphatic rings. The summed E-state index contributed by atoms with van der Waals surface area (Å²) in [6.45, 7) is -2.16. The van der Waals surface area contributed by atoms with Gasteiger partial charge in [-0.2, -0.15) is 26.3 Å². The van der Waals surface area contributed by atoms with Crippen molar-refractivity contribution in [1.29, 1.82) is 0 Å². The maximum Gasteiger partial charge on any atom is 0.416 e. The Kier molecular flexibility index (Phi) is 9.36. The van der Waals surface area contributed by atoms with E-state index in [0.29, 0.717) is 9.70 Å². The minimum atomic E-state index is -4.72. The number of benzene rings is 2. The van der Waals surface area contributed by atoms with Gasteiger partial charge < -0.3 is 5.32 Å². The molecule has 1 heterocycles. The van der Waals surface area contributed by atoms with E-state index in [-0.39, 0.29) is 17.0 Å². The normalized spacial score (nSPS) is 13.3. The van der Waals surface area contributed by atoms with E-state index in [1.807, 2.05) is 0 Å². The van der Waals surface area contributed by atoms with Crippen LogP contribution in [0.3, 0.4) is 0 Å². The summed E-state index contributed by atoms with van der Waals surface area (Å²) in [6, 6.07) is 8.21. The molecule has 2 aromatic carbocycles. The predicted molar refractivity (Wildman–Crippen MR) is 133 cm³/mol. The standard InChI is InChI=1S/C23H22ClF6N5O4S/c1-40(38,39)31-12-18(15-3-2-4-16(11-15)23(28,29)30)32-19(36)13-35-21(37)34(10-9-22(25,26)27)20(33-35)14-5-7-17(24)8-6-14/h2-8,11,18,31H,9-10,12-13H2,1H3,(H,32,36). The molecule has 9 nitrogen and oxygen atoms in total. The van der Waals surface area contributed by atoms with Crippen LogP contribution in [-0.2, 0) is 34.1 Å². The van der Waals surface area contributed by atoms with Crippen molar-refractivity contribution in [2.75, 3.05) is 12.8 Å². The van der Waals surface area contributed by atoms with Crippen molar-refractivity contribution >= 4 is 27.5 Å². The molecule has 1 atom stereocenters. The second-order valence-electron chi connectivity index (χ2n) is 8.65. The molecule has 0 aliphatic heterocycles. The van der Waals surface area contributed by atoms with Gasteiger partial charge in [-0.15, -0.1) is 5.10 Å². The van der Waals surface area contributed by atoms with Gasteiger partial charge in [-0.05, 0) is 42.0 Å². The van der Waals surface area contributed by atoms with Gasteiger partial charge in [-0.25, -0.2) is 22.6 Å². The molecule has 3 rings (SSSR count). The van der Waals surface area contributed by atoms with Gasteiger partial charge in [-0.1, -0.05) is 23.7 Å².